The van der Waals surface area contributed by atoms with E-state index in [1.54, 1.807) is 0 Å². The third kappa shape index (κ3) is 2.23. The van der Waals surface area contributed by atoms with Gasteiger partial charge in [-0.1, -0.05) is 6.92 Å². The molecule has 0 radical (unpaired) electrons. The molecular weight excluding hydrogens is 328 g/mol. The largest absolute Gasteiger partial charge is 0.356 e. The smallest absolute Gasteiger partial charge is 0.150 e. The van der Waals surface area contributed by atoms with Gasteiger partial charge in [-0.15, -0.1) is 0 Å². The summed E-state index contributed by atoms with van der Waals surface area (Å²) in [5.74, 6) is 0.727. The van der Waals surface area contributed by atoms with Crippen molar-refractivity contribution in [3.05, 3.63) is 27.9 Å². The van der Waals surface area contributed by atoms with Crippen molar-refractivity contribution in [2.24, 2.45) is 0 Å². The molecule has 3 nitrogen and oxygen atoms in total. The van der Waals surface area contributed by atoms with Crippen molar-refractivity contribution in [1.82, 2.24) is 9.78 Å². The van der Waals surface area contributed by atoms with Crippen LogP contribution in [0.1, 0.15) is 62.3 Å². The van der Waals surface area contributed by atoms with Gasteiger partial charge in [0.05, 0.1) is 5.52 Å². The minimum absolute atomic E-state index is 0.106. The molecule has 1 aliphatic carbocycles. The number of fused-ring (bicyclic) bond motifs is 2. The van der Waals surface area contributed by atoms with Crippen LogP contribution >= 0.6 is 15.9 Å². The SMILES string of the molecule is CCC1CCc2cc3c(cc21)c(Br)nn3C1CCCCO1. The maximum Gasteiger partial charge on any atom is 0.150 e. The van der Waals surface area contributed by atoms with Crippen LogP contribution in [0.2, 0.25) is 0 Å². The lowest BCUT2D eigenvalue weighted by Gasteiger charge is -2.23. The molecule has 2 aliphatic rings. The number of halogens is 1. The van der Waals surface area contributed by atoms with Gasteiger partial charge in [-0.3, -0.25) is 0 Å². The topological polar surface area (TPSA) is 27.1 Å². The van der Waals surface area contributed by atoms with Crippen LogP contribution in [0.15, 0.2) is 16.7 Å². The molecule has 1 aliphatic heterocycles. The predicted octanol–water partition coefficient (Wildman–Crippen LogP) is 4.94. The maximum atomic E-state index is 5.93. The van der Waals surface area contributed by atoms with Crippen molar-refractivity contribution in [3.8, 4) is 0 Å². The van der Waals surface area contributed by atoms with Gasteiger partial charge in [-0.05, 0) is 83.6 Å². The summed E-state index contributed by atoms with van der Waals surface area (Å²) in [4.78, 5) is 0. The van der Waals surface area contributed by atoms with Crippen molar-refractivity contribution < 1.29 is 4.74 Å². The Morgan fingerprint density at radius 2 is 2.24 bits per heavy atom. The molecule has 0 spiro atoms. The van der Waals surface area contributed by atoms with E-state index in [-0.39, 0.29) is 6.23 Å². The summed E-state index contributed by atoms with van der Waals surface area (Å²) in [6.07, 6.45) is 7.31. The second-order valence-electron chi connectivity index (χ2n) is 6.27. The quantitative estimate of drug-likeness (QED) is 0.768. The molecule has 2 unspecified atom stereocenters. The molecule has 0 amide bonds. The lowest BCUT2D eigenvalue weighted by atomic mass is 9.98. The molecule has 1 saturated heterocycles. The highest BCUT2D eigenvalue weighted by Crippen LogP contribution is 2.40. The minimum Gasteiger partial charge on any atom is -0.356 e. The Bertz CT molecular complexity index is 673. The lowest BCUT2D eigenvalue weighted by Crippen LogP contribution is -2.19. The highest BCUT2D eigenvalue weighted by Gasteiger charge is 2.25. The van der Waals surface area contributed by atoms with Gasteiger partial charge in [-0.25, -0.2) is 4.68 Å². The second kappa shape index (κ2) is 5.40. The second-order valence-corrected chi connectivity index (χ2v) is 7.02. The number of hydrogen-bond acceptors (Lipinski definition) is 2. The van der Waals surface area contributed by atoms with E-state index in [1.165, 1.54) is 54.1 Å². The molecule has 0 N–H and O–H groups in total. The van der Waals surface area contributed by atoms with Crippen LogP contribution in [0.25, 0.3) is 10.9 Å². The van der Waals surface area contributed by atoms with E-state index in [2.05, 4.69) is 39.7 Å². The van der Waals surface area contributed by atoms with Gasteiger partial charge in [0, 0.05) is 12.0 Å². The first-order valence-corrected chi connectivity index (χ1v) is 8.89. The van der Waals surface area contributed by atoms with Crippen LogP contribution in [0, 0.1) is 0 Å². The molecule has 4 rings (SSSR count). The molecule has 2 aromatic rings. The number of ether oxygens (including phenoxy) is 1. The van der Waals surface area contributed by atoms with Crippen LogP contribution < -0.4 is 0 Å². The molecule has 0 saturated carbocycles. The molecule has 1 aromatic heterocycles. The van der Waals surface area contributed by atoms with E-state index in [4.69, 9.17) is 9.84 Å². The van der Waals surface area contributed by atoms with Crippen LogP contribution in [0.5, 0.6) is 0 Å². The fourth-order valence-corrected chi connectivity index (χ4v) is 4.34. The number of benzene rings is 1. The summed E-state index contributed by atoms with van der Waals surface area (Å²) in [6.45, 7) is 3.14. The first-order chi connectivity index (χ1) is 10.3. The molecule has 4 heteroatoms. The Morgan fingerprint density at radius 3 is 3.00 bits per heavy atom. The van der Waals surface area contributed by atoms with Crippen molar-refractivity contribution in [2.45, 2.75) is 57.6 Å². The van der Waals surface area contributed by atoms with Gasteiger partial charge < -0.3 is 4.74 Å². The van der Waals surface area contributed by atoms with Crippen LogP contribution in [-0.2, 0) is 11.2 Å². The number of aryl methyl sites for hydroxylation is 1. The van der Waals surface area contributed by atoms with Crippen molar-refractivity contribution >= 4 is 26.8 Å². The Morgan fingerprint density at radius 1 is 1.33 bits per heavy atom. The predicted molar refractivity (Wildman–Crippen MR) is 87.6 cm³/mol. The monoisotopic (exact) mass is 348 g/mol. The zero-order valence-corrected chi connectivity index (χ0v) is 14.0. The van der Waals surface area contributed by atoms with Crippen molar-refractivity contribution in [2.75, 3.05) is 6.61 Å². The first kappa shape index (κ1) is 13.8. The molecule has 2 heterocycles. The van der Waals surface area contributed by atoms with Gasteiger partial charge in [-0.2, -0.15) is 5.10 Å². The zero-order chi connectivity index (χ0) is 14.4. The molecule has 1 fully saturated rings. The number of aromatic nitrogens is 2. The van der Waals surface area contributed by atoms with E-state index in [0.29, 0.717) is 0 Å². The Balaban J connectivity index is 1.83. The lowest BCUT2D eigenvalue weighted by molar-refractivity contribution is -0.0368. The van der Waals surface area contributed by atoms with E-state index >= 15 is 0 Å². The van der Waals surface area contributed by atoms with Crippen molar-refractivity contribution in [1.29, 1.82) is 0 Å². The van der Waals surface area contributed by atoms with Gasteiger partial charge in [0.1, 0.15) is 4.60 Å². The normalized spacial score (nSPS) is 25.4. The molecule has 112 valence electrons. The number of nitrogens with zero attached hydrogens (tertiary/aromatic N) is 2. The average Bonchev–Trinajstić information content (AvgIpc) is 3.07. The van der Waals surface area contributed by atoms with Gasteiger partial charge in [0.2, 0.25) is 0 Å². The number of rotatable bonds is 2. The fourth-order valence-electron chi connectivity index (χ4n) is 3.85. The Labute approximate surface area is 133 Å². The van der Waals surface area contributed by atoms with Crippen LogP contribution in [0.4, 0.5) is 0 Å². The minimum atomic E-state index is 0.106. The summed E-state index contributed by atoms with van der Waals surface area (Å²) in [5, 5.41) is 5.95. The van der Waals surface area contributed by atoms with Crippen LogP contribution in [-0.4, -0.2) is 16.4 Å². The molecular formula is C17H21BrN2O. The molecule has 2 atom stereocenters. The first-order valence-electron chi connectivity index (χ1n) is 8.10. The standard InChI is InChI=1S/C17H21BrN2O/c1-2-11-6-7-12-9-15-14(10-13(11)12)17(18)19-20(15)16-5-3-4-8-21-16/h9-11,16H,2-8H2,1H3. The van der Waals surface area contributed by atoms with Crippen molar-refractivity contribution in [3.63, 3.8) is 0 Å². The van der Waals surface area contributed by atoms with E-state index in [9.17, 15) is 0 Å². The Hall–Kier alpha value is -0.870. The zero-order valence-electron chi connectivity index (χ0n) is 12.4. The summed E-state index contributed by atoms with van der Waals surface area (Å²) in [6, 6.07) is 4.72. The van der Waals surface area contributed by atoms with Crippen LogP contribution in [0.3, 0.4) is 0 Å². The van der Waals surface area contributed by atoms with Gasteiger partial charge >= 0.3 is 0 Å². The summed E-state index contributed by atoms with van der Waals surface area (Å²) in [7, 11) is 0. The third-order valence-corrected chi connectivity index (χ3v) is 5.63. The van der Waals surface area contributed by atoms with Gasteiger partial charge in [0.15, 0.2) is 6.23 Å². The molecule has 1 aromatic carbocycles. The maximum absolute atomic E-state index is 5.93. The highest BCUT2D eigenvalue weighted by atomic mass is 79.9. The average molecular weight is 349 g/mol. The summed E-state index contributed by atoms with van der Waals surface area (Å²) in [5.41, 5.74) is 4.28. The van der Waals surface area contributed by atoms with Gasteiger partial charge in [0.25, 0.3) is 0 Å². The molecule has 21 heavy (non-hydrogen) atoms. The van der Waals surface area contributed by atoms with E-state index < -0.39 is 0 Å². The fraction of sp³-hybridized carbons (Fsp3) is 0.588. The molecule has 0 bridgehead atoms. The van der Waals surface area contributed by atoms with E-state index in [0.717, 1.165) is 23.5 Å². The third-order valence-electron chi connectivity index (χ3n) is 5.05. The van der Waals surface area contributed by atoms with E-state index in [1.807, 2.05) is 0 Å². The highest BCUT2D eigenvalue weighted by molar-refractivity contribution is 9.10. The summed E-state index contributed by atoms with van der Waals surface area (Å²) >= 11 is 3.65. The number of hydrogen-bond donors (Lipinski definition) is 0. The Kier molecular flexibility index (Phi) is 3.54. The summed E-state index contributed by atoms with van der Waals surface area (Å²) < 4.78 is 8.98.